The second kappa shape index (κ2) is 4.82. The monoisotopic (exact) mass is 232 g/mol. The molecule has 0 fully saturated rings. The number of carbonyl (C=O) groups is 1. The second-order valence-electron chi connectivity index (χ2n) is 3.86. The van der Waals surface area contributed by atoms with E-state index in [0.29, 0.717) is 17.7 Å². The van der Waals surface area contributed by atoms with E-state index in [-0.39, 0.29) is 11.7 Å². The van der Waals surface area contributed by atoms with Crippen molar-refractivity contribution in [1.29, 1.82) is 0 Å². The summed E-state index contributed by atoms with van der Waals surface area (Å²) in [5, 5.41) is 2.78. The summed E-state index contributed by atoms with van der Waals surface area (Å²) in [6.07, 6.45) is 3.61. The Bertz CT molecular complexity index is 520. The Balaban J connectivity index is 2.04. The molecule has 1 amide bonds. The number of benzene rings is 1. The van der Waals surface area contributed by atoms with Crippen LogP contribution >= 0.6 is 0 Å². The third-order valence-corrected chi connectivity index (χ3v) is 2.55. The van der Waals surface area contributed by atoms with E-state index >= 15 is 0 Å². The van der Waals surface area contributed by atoms with Crippen molar-refractivity contribution in [2.24, 2.45) is 0 Å². The van der Waals surface area contributed by atoms with Crippen LogP contribution in [0.5, 0.6) is 0 Å². The first-order valence-corrected chi connectivity index (χ1v) is 5.33. The van der Waals surface area contributed by atoms with Gasteiger partial charge in [0, 0.05) is 24.5 Å². The summed E-state index contributed by atoms with van der Waals surface area (Å²) in [5.74, 6) is -0.520. The molecule has 0 spiro atoms. The molecule has 17 heavy (non-hydrogen) atoms. The second-order valence-corrected chi connectivity index (χ2v) is 3.86. The van der Waals surface area contributed by atoms with Crippen LogP contribution in [0.1, 0.15) is 21.5 Å². The fourth-order valence-electron chi connectivity index (χ4n) is 1.63. The molecule has 88 valence electrons. The van der Waals surface area contributed by atoms with E-state index in [0.717, 1.165) is 5.56 Å². The summed E-state index contributed by atoms with van der Waals surface area (Å²) in [6.45, 7) is 2.17. The minimum absolute atomic E-state index is 0.191. The van der Waals surface area contributed by atoms with Gasteiger partial charge in [0.05, 0.1) is 0 Å². The van der Waals surface area contributed by atoms with Crippen molar-refractivity contribution in [3.8, 4) is 0 Å². The van der Waals surface area contributed by atoms with Gasteiger partial charge in [0.25, 0.3) is 5.91 Å². The van der Waals surface area contributed by atoms with Crippen LogP contribution in [0.4, 0.5) is 4.39 Å². The van der Waals surface area contributed by atoms with Gasteiger partial charge in [-0.25, -0.2) is 4.39 Å². The van der Waals surface area contributed by atoms with E-state index in [9.17, 15) is 9.18 Å². The predicted molar refractivity (Wildman–Crippen MR) is 63.1 cm³/mol. The SMILES string of the molecule is Cc1cc(F)ccc1C(=O)NCc1cc[nH]c1. The minimum atomic E-state index is -0.329. The first-order chi connectivity index (χ1) is 8.16. The molecule has 1 aromatic carbocycles. The van der Waals surface area contributed by atoms with Crippen LogP contribution in [0.2, 0.25) is 0 Å². The molecule has 0 unspecified atom stereocenters. The van der Waals surface area contributed by atoms with Crippen LogP contribution < -0.4 is 5.32 Å². The molecule has 0 atom stereocenters. The van der Waals surface area contributed by atoms with Crippen LogP contribution in [-0.2, 0) is 6.54 Å². The summed E-state index contributed by atoms with van der Waals surface area (Å²) >= 11 is 0. The first kappa shape index (κ1) is 11.4. The van der Waals surface area contributed by atoms with Crippen LogP contribution in [0.25, 0.3) is 0 Å². The number of aromatic nitrogens is 1. The Hall–Kier alpha value is -2.10. The van der Waals surface area contributed by atoms with Gasteiger partial charge < -0.3 is 10.3 Å². The molecule has 0 bridgehead atoms. The summed E-state index contributed by atoms with van der Waals surface area (Å²) in [6, 6.07) is 6.03. The zero-order valence-corrected chi connectivity index (χ0v) is 9.46. The standard InChI is InChI=1S/C13H13FN2O/c1-9-6-11(14)2-3-12(9)13(17)16-8-10-4-5-15-7-10/h2-7,15H,8H2,1H3,(H,16,17). The highest BCUT2D eigenvalue weighted by Crippen LogP contribution is 2.10. The van der Waals surface area contributed by atoms with E-state index < -0.39 is 0 Å². The molecule has 0 aliphatic rings. The van der Waals surface area contributed by atoms with Crippen molar-refractivity contribution in [3.05, 3.63) is 59.2 Å². The molecule has 0 radical (unpaired) electrons. The summed E-state index contributed by atoms with van der Waals surface area (Å²) in [7, 11) is 0. The highest BCUT2D eigenvalue weighted by molar-refractivity contribution is 5.95. The highest BCUT2D eigenvalue weighted by Gasteiger charge is 2.09. The van der Waals surface area contributed by atoms with Gasteiger partial charge in [0.1, 0.15) is 5.82 Å². The first-order valence-electron chi connectivity index (χ1n) is 5.33. The Kier molecular flexibility index (Phi) is 3.23. The van der Waals surface area contributed by atoms with Gasteiger partial charge in [-0.05, 0) is 42.3 Å². The van der Waals surface area contributed by atoms with E-state index in [2.05, 4.69) is 10.3 Å². The maximum absolute atomic E-state index is 12.9. The number of hydrogen-bond acceptors (Lipinski definition) is 1. The van der Waals surface area contributed by atoms with Gasteiger partial charge in [-0.1, -0.05) is 0 Å². The topological polar surface area (TPSA) is 44.9 Å². The lowest BCUT2D eigenvalue weighted by Gasteiger charge is -2.06. The molecular weight excluding hydrogens is 219 g/mol. The molecule has 2 aromatic rings. The van der Waals surface area contributed by atoms with Crippen LogP contribution in [0.15, 0.2) is 36.7 Å². The molecule has 1 aromatic heterocycles. The Morgan fingerprint density at radius 3 is 2.88 bits per heavy atom. The van der Waals surface area contributed by atoms with E-state index in [1.165, 1.54) is 18.2 Å². The molecule has 3 nitrogen and oxygen atoms in total. The maximum Gasteiger partial charge on any atom is 0.251 e. The Morgan fingerprint density at radius 1 is 1.41 bits per heavy atom. The molecule has 1 heterocycles. The quantitative estimate of drug-likeness (QED) is 0.838. The molecule has 2 rings (SSSR count). The van der Waals surface area contributed by atoms with Gasteiger partial charge >= 0.3 is 0 Å². The highest BCUT2D eigenvalue weighted by atomic mass is 19.1. The van der Waals surface area contributed by atoms with Crippen molar-refractivity contribution >= 4 is 5.91 Å². The molecular formula is C13H13FN2O. The summed E-state index contributed by atoms with van der Waals surface area (Å²) in [4.78, 5) is 14.7. The van der Waals surface area contributed by atoms with Crippen LogP contribution in [-0.4, -0.2) is 10.9 Å². The molecule has 0 saturated carbocycles. The predicted octanol–water partition coefficient (Wildman–Crippen LogP) is 2.39. The largest absolute Gasteiger partial charge is 0.367 e. The fourth-order valence-corrected chi connectivity index (χ4v) is 1.63. The smallest absolute Gasteiger partial charge is 0.251 e. The van der Waals surface area contributed by atoms with E-state index in [4.69, 9.17) is 0 Å². The number of amides is 1. The number of rotatable bonds is 3. The van der Waals surface area contributed by atoms with Crippen molar-refractivity contribution in [3.63, 3.8) is 0 Å². The Labute approximate surface area is 98.7 Å². The molecule has 0 aliphatic heterocycles. The van der Waals surface area contributed by atoms with Crippen LogP contribution in [0.3, 0.4) is 0 Å². The lowest BCUT2D eigenvalue weighted by molar-refractivity contribution is 0.0950. The van der Waals surface area contributed by atoms with Crippen molar-refractivity contribution in [1.82, 2.24) is 10.3 Å². The van der Waals surface area contributed by atoms with Gasteiger partial charge in [-0.2, -0.15) is 0 Å². The maximum atomic E-state index is 12.9. The number of aromatic amines is 1. The summed E-state index contributed by atoms with van der Waals surface area (Å²) in [5.41, 5.74) is 2.14. The fraction of sp³-hybridized carbons (Fsp3) is 0.154. The molecule has 2 N–H and O–H groups in total. The number of aryl methyl sites for hydroxylation is 1. The van der Waals surface area contributed by atoms with Crippen LogP contribution in [0, 0.1) is 12.7 Å². The lowest BCUT2D eigenvalue weighted by atomic mass is 10.1. The molecule has 0 saturated heterocycles. The number of carbonyl (C=O) groups excluding carboxylic acids is 1. The van der Waals surface area contributed by atoms with Crippen molar-refractivity contribution in [2.75, 3.05) is 0 Å². The normalized spacial score (nSPS) is 10.2. The number of halogens is 1. The number of nitrogens with one attached hydrogen (secondary N) is 2. The van der Waals surface area contributed by atoms with Gasteiger partial charge in [-0.3, -0.25) is 4.79 Å². The van der Waals surface area contributed by atoms with Gasteiger partial charge in [0.15, 0.2) is 0 Å². The minimum Gasteiger partial charge on any atom is -0.367 e. The Morgan fingerprint density at radius 2 is 2.24 bits per heavy atom. The van der Waals surface area contributed by atoms with Crippen molar-refractivity contribution in [2.45, 2.75) is 13.5 Å². The molecule has 0 aliphatic carbocycles. The van der Waals surface area contributed by atoms with Crippen molar-refractivity contribution < 1.29 is 9.18 Å². The van der Waals surface area contributed by atoms with E-state index in [1.54, 1.807) is 13.1 Å². The average molecular weight is 232 g/mol. The van der Waals surface area contributed by atoms with Gasteiger partial charge in [-0.15, -0.1) is 0 Å². The zero-order chi connectivity index (χ0) is 12.3. The molecule has 4 heteroatoms. The zero-order valence-electron chi connectivity index (χ0n) is 9.46. The number of H-pyrrole nitrogens is 1. The van der Waals surface area contributed by atoms with E-state index in [1.807, 2.05) is 12.3 Å². The lowest BCUT2D eigenvalue weighted by Crippen LogP contribution is -2.23. The third-order valence-electron chi connectivity index (χ3n) is 2.55. The van der Waals surface area contributed by atoms with Gasteiger partial charge in [0.2, 0.25) is 0 Å². The number of hydrogen-bond donors (Lipinski definition) is 2. The summed E-state index contributed by atoms with van der Waals surface area (Å²) < 4.78 is 12.9. The third kappa shape index (κ3) is 2.72. The average Bonchev–Trinajstić information content (AvgIpc) is 2.78.